The summed E-state index contributed by atoms with van der Waals surface area (Å²) in [5, 5.41) is 2.82. The van der Waals surface area contributed by atoms with Crippen LogP contribution in [0.25, 0.3) is 0 Å². The summed E-state index contributed by atoms with van der Waals surface area (Å²) in [4.78, 5) is 13.4. The number of carbonyl (C=O) groups excluding carboxylic acids is 1. The summed E-state index contributed by atoms with van der Waals surface area (Å²) < 4.78 is 5.29. The lowest BCUT2D eigenvalue weighted by molar-refractivity contribution is -0.119. The van der Waals surface area contributed by atoms with Gasteiger partial charge < -0.3 is 10.1 Å². The summed E-state index contributed by atoms with van der Waals surface area (Å²) >= 11 is 5.42. The first kappa shape index (κ1) is 16.0. The Hall–Kier alpha value is -0.0300. The van der Waals surface area contributed by atoms with Gasteiger partial charge in [-0.05, 0) is 13.8 Å². The summed E-state index contributed by atoms with van der Waals surface area (Å²) in [7, 11) is 0. The number of amides is 1. The van der Waals surface area contributed by atoms with E-state index in [0.29, 0.717) is 6.54 Å². The zero-order chi connectivity index (χ0) is 11.3. The average Bonchev–Trinajstić information content (AvgIpc) is 2.27. The van der Waals surface area contributed by atoms with Crippen molar-refractivity contribution in [3.63, 3.8) is 0 Å². The molecule has 0 aromatic rings. The van der Waals surface area contributed by atoms with Gasteiger partial charge in [-0.15, -0.1) is 24.0 Å². The van der Waals surface area contributed by atoms with Gasteiger partial charge in [-0.2, -0.15) is 0 Å². The maximum Gasteiger partial charge on any atom is 0.234 e. The molecule has 0 aliphatic carbocycles. The van der Waals surface area contributed by atoms with Crippen LogP contribution in [0.1, 0.15) is 13.8 Å². The van der Waals surface area contributed by atoms with E-state index in [9.17, 15) is 4.79 Å². The Morgan fingerprint density at radius 3 is 2.50 bits per heavy atom. The van der Waals surface area contributed by atoms with Crippen LogP contribution in [-0.2, 0) is 9.53 Å². The summed E-state index contributed by atoms with van der Waals surface area (Å²) in [5.41, 5.74) is -0.0362. The Morgan fingerprint density at radius 1 is 1.44 bits per heavy atom. The first-order chi connectivity index (χ1) is 7.06. The summed E-state index contributed by atoms with van der Waals surface area (Å²) in [6.45, 7) is 8.24. The van der Waals surface area contributed by atoms with Crippen molar-refractivity contribution in [2.75, 3.05) is 38.7 Å². The van der Waals surface area contributed by atoms with Crippen LogP contribution >= 0.6 is 24.0 Å². The second kappa shape index (κ2) is 7.33. The van der Waals surface area contributed by atoms with E-state index < -0.39 is 0 Å². The van der Waals surface area contributed by atoms with Crippen LogP contribution in [0.4, 0.5) is 0 Å². The Morgan fingerprint density at radius 2 is 2.00 bits per heavy atom. The molecule has 1 fully saturated rings. The second-order valence-electron chi connectivity index (χ2n) is 4.32. The normalized spacial score (nSPS) is 17.7. The predicted octanol–water partition coefficient (Wildman–Crippen LogP) is 0.874. The number of halogens is 2. The maximum atomic E-state index is 11.1. The van der Waals surface area contributed by atoms with E-state index in [1.165, 1.54) is 0 Å². The molecule has 0 unspecified atom stereocenters. The van der Waals surface area contributed by atoms with Crippen molar-refractivity contribution in [2.45, 2.75) is 19.4 Å². The molecule has 0 spiro atoms. The molecule has 1 heterocycles. The van der Waals surface area contributed by atoms with Crippen molar-refractivity contribution in [3.8, 4) is 0 Å². The van der Waals surface area contributed by atoms with E-state index in [0.717, 1.165) is 26.3 Å². The number of hydrogen-bond donors (Lipinski definition) is 1. The molecular formula is C10H20Cl2N2O2. The van der Waals surface area contributed by atoms with E-state index in [1.54, 1.807) is 0 Å². The highest BCUT2D eigenvalue weighted by Gasteiger charge is 2.28. The van der Waals surface area contributed by atoms with E-state index >= 15 is 0 Å². The van der Waals surface area contributed by atoms with E-state index in [-0.39, 0.29) is 29.7 Å². The SMILES string of the molecule is CC(C)(CNC(=O)CCl)N1CCOCC1.Cl. The van der Waals surface area contributed by atoms with Crippen molar-refractivity contribution in [1.82, 2.24) is 10.2 Å². The lowest BCUT2D eigenvalue weighted by Gasteiger charge is -2.40. The van der Waals surface area contributed by atoms with E-state index in [1.807, 2.05) is 0 Å². The third-order valence-corrected chi connectivity index (χ3v) is 2.95. The molecule has 0 radical (unpaired) electrons. The van der Waals surface area contributed by atoms with Crippen molar-refractivity contribution >= 4 is 29.9 Å². The van der Waals surface area contributed by atoms with Gasteiger partial charge in [0.05, 0.1) is 13.2 Å². The van der Waals surface area contributed by atoms with Gasteiger partial charge in [-0.3, -0.25) is 9.69 Å². The molecule has 6 heteroatoms. The van der Waals surface area contributed by atoms with E-state index in [4.69, 9.17) is 16.3 Å². The van der Waals surface area contributed by atoms with Gasteiger partial charge in [0.2, 0.25) is 5.91 Å². The third-order valence-electron chi connectivity index (χ3n) is 2.71. The molecule has 16 heavy (non-hydrogen) atoms. The standard InChI is InChI=1S/C10H19ClN2O2.ClH/c1-10(2,8-12-9(14)7-11)13-3-5-15-6-4-13;/h3-8H2,1-2H3,(H,12,14);1H. The summed E-state index contributed by atoms with van der Waals surface area (Å²) in [5.74, 6) is -0.0860. The largest absolute Gasteiger partial charge is 0.379 e. The first-order valence-electron chi connectivity index (χ1n) is 5.22. The predicted molar refractivity (Wildman–Crippen MR) is 67.4 cm³/mol. The Kier molecular flexibility index (Phi) is 7.31. The minimum Gasteiger partial charge on any atom is -0.379 e. The molecule has 4 nitrogen and oxygen atoms in total. The fraction of sp³-hybridized carbons (Fsp3) is 0.900. The Labute approximate surface area is 108 Å². The number of hydrogen-bond acceptors (Lipinski definition) is 3. The van der Waals surface area contributed by atoms with Crippen molar-refractivity contribution in [2.24, 2.45) is 0 Å². The van der Waals surface area contributed by atoms with Crippen molar-refractivity contribution < 1.29 is 9.53 Å². The third kappa shape index (κ3) is 4.87. The monoisotopic (exact) mass is 270 g/mol. The minimum absolute atomic E-state index is 0. The lowest BCUT2D eigenvalue weighted by atomic mass is 10.0. The highest BCUT2D eigenvalue weighted by Crippen LogP contribution is 2.14. The number of ether oxygens (including phenoxy) is 1. The van der Waals surface area contributed by atoms with Gasteiger partial charge in [0.15, 0.2) is 0 Å². The fourth-order valence-corrected chi connectivity index (χ4v) is 1.74. The van der Waals surface area contributed by atoms with Crippen LogP contribution in [0.3, 0.4) is 0 Å². The second-order valence-corrected chi connectivity index (χ2v) is 4.59. The van der Waals surface area contributed by atoms with Crippen LogP contribution in [0.5, 0.6) is 0 Å². The van der Waals surface area contributed by atoms with Crippen LogP contribution < -0.4 is 5.32 Å². The van der Waals surface area contributed by atoms with Gasteiger partial charge in [-0.25, -0.2) is 0 Å². The number of nitrogens with one attached hydrogen (secondary N) is 1. The molecule has 1 aliphatic rings. The Balaban J connectivity index is 0.00000225. The molecule has 1 N–H and O–H groups in total. The molecule has 1 rings (SSSR count). The zero-order valence-electron chi connectivity index (χ0n) is 9.79. The number of carbonyl (C=O) groups is 1. The smallest absolute Gasteiger partial charge is 0.234 e. The average molecular weight is 271 g/mol. The van der Waals surface area contributed by atoms with Crippen molar-refractivity contribution in [1.29, 1.82) is 0 Å². The molecule has 0 saturated carbocycles. The maximum absolute atomic E-state index is 11.1. The fourth-order valence-electron chi connectivity index (χ4n) is 1.64. The van der Waals surface area contributed by atoms with Crippen LogP contribution in [0.2, 0.25) is 0 Å². The van der Waals surface area contributed by atoms with Gasteiger partial charge in [0, 0.05) is 25.2 Å². The molecule has 0 aromatic carbocycles. The molecule has 1 saturated heterocycles. The lowest BCUT2D eigenvalue weighted by Crippen LogP contribution is -2.55. The van der Waals surface area contributed by atoms with Crippen LogP contribution in [0, 0.1) is 0 Å². The molecule has 96 valence electrons. The van der Waals surface area contributed by atoms with Gasteiger partial charge in [0.25, 0.3) is 0 Å². The van der Waals surface area contributed by atoms with Crippen LogP contribution in [0.15, 0.2) is 0 Å². The number of morpholine rings is 1. The summed E-state index contributed by atoms with van der Waals surface area (Å²) in [6, 6.07) is 0. The van der Waals surface area contributed by atoms with E-state index in [2.05, 4.69) is 24.1 Å². The Bertz CT molecular complexity index is 219. The number of nitrogens with zero attached hydrogens (tertiary/aromatic N) is 1. The molecule has 0 atom stereocenters. The van der Waals surface area contributed by atoms with Crippen molar-refractivity contribution in [3.05, 3.63) is 0 Å². The highest BCUT2D eigenvalue weighted by molar-refractivity contribution is 6.27. The number of rotatable bonds is 4. The number of alkyl halides is 1. The van der Waals surface area contributed by atoms with Gasteiger partial charge >= 0.3 is 0 Å². The highest BCUT2D eigenvalue weighted by atomic mass is 35.5. The first-order valence-corrected chi connectivity index (χ1v) is 5.75. The van der Waals surface area contributed by atoms with Gasteiger partial charge in [-0.1, -0.05) is 0 Å². The van der Waals surface area contributed by atoms with Gasteiger partial charge in [0.1, 0.15) is 5.88 Å². The van der Waals surface area contributed by atoms with Crippen LogP contribution in [-0.4, -0.2) is 55.1 Å². The quantitative estimate of drug-likeness (QED) is 0.772. The molecule has 0 bridgehead atoms. The molecular weight excluding hydrogens is 251 g/mol. The minimum atomic E-state index is -0.113. The zero-order valence-corrected chi connectivity index (χ0v) is 11.4. The molecule has 1 aliphatic heterocycles. The topological polar surface area (TPSA) is 41.6 Å². The molecule has 0 aromatic heterocycles. The summed E-state index contributed by atoms with van der Waals surface area (Å²) in [6.07, 6.45) is 0. The molecule has 1 amide bonds.